The summed E-state index contributed by atoms with van der Waals surface area (Å²) in [5.41, 5.74) is 2.03. The van der Waals surface area contributed by atoms with Crippen molar-refractivity contribution in [3.8, 4) is 0 Å². The Balaban J connectivity index is 2.52. The second-order valence-corrected chi connectivity index (χ2v) is 4.08. The van der Waals surface area contributed by atoms with Crippen molar-refractivity contribution in [1.29, 1.82) is 0 Å². The highest BCUT2D eigenvalue weighted by atomic mass is 16.1. The highest BCUT2D eigenvalue weighted by Crippen LogP contribution is 2.07. The molecule has 1 rings (SSSR count). The van der Waals surface area contributed by atoms with Crippen LogP contribution in [0.15, 0.2) is 24.3 Å². The van der Waals surface area contributed by atoms with E-state index in [9.17, 15) is 4.79 Å². The minimum atomic E-state index is 0.750. The van der Waals surface area contributed by atoms with Gasteiger partial charge in [0.15, 0.2) is 0 Å². The molecule has 0 aliphatic rings. The molecule has 0 unspecified atom stereocenters. The lowest BCUT2D eigenvalue weighted by atomic mass is 10.1. The first-order valence-electron chi connectivity index (χ1n) is 6.06. The first-order valence-corrected chi connectivity index (χ1v) is 6.06. The number of nitrogens with zero attached hydrogens (tertiary/aromatic N) is 1. The molecule has 1 aromatic rings. The number of hydrogen-bond acceptors (Lipinski definition) is 2. The fraction of sp³-hybridized carbons (Fsp3) is 0.500. The molecule has 0 aromatic heterocycles. The summed E-state index contributed by atoms with van der Waals surface area (Å²) >= 11 is 0. The number of aldehydes is 1. The average molecular weight is 219 g/mol. The third-order valence-corrected chi connectivity index (χ3v) is 2.80. The van der Waals surface area contributed by atoms with Gasteiger partial charge in [0.25, 0.3) is 0 Å². The predicted molar refractivity (Wildman–Crippen MR) is 67.7 cm³/mol. The van der Waals surface area contributed by atoms with Crippen molar-refractivity contribution in [3.05, 3.63) is 35.4 Å². The summed E-state index contributed by atoms with van der Waals surface area (Å²) in [6, 6.07) is 7.85. The van der Waals surface area contributed by atoms with E-state index in [2.05, 4.69) is 18.7 Å². The Hall–Kier alpha value is -1.15. The zero-order valence-corrected chi connectivity index (χ0v) is 10.3. The third kappa shape index (κ3) is 4.15. The molecule has 16 heavy (non-hydrogen) atoms. The lowest BCUT2D eigenvalue weighted by Gasteiger charge is -2.20. The van der Waals surface area contributed by atoms with Crippen LogP contribution in [0.5, 0.6) is 0 Å². The Labute approximate surface area is 98.3 Å². The van der Waals surface area contributed by atoms with E-state index in [1.165, 1.54) is 18.4 Å². The van der Waals surface area contributed by atoms with Crippen LogP contribution < -0.4 is 0 Å². The summed E-state index contributed by atoms with van der Waals surface area (Å²) in [7, 11) is 0. The predicted octanol–water partition coefficient (Wildman–Crippen LogP) is 3.12. The van der Waals surface area contributed by atoms with Crippen molar-refractivity contribution in [2.45, 2.75) is 33.2 Å². The normalized spacial score (nSPS) is 10.7. The number of rotatable bonds is 7. The van der Waals surface area contributed by atoms with Crippen molar-refractivity contribution in [2.24, 2.45) is 0 Å². The van der Waals surface area contributed by atoms with E-state index < -0.39 is 0 Å². The molecule has 0 aliphatic carbocycles. The summed E-state index contributed by atoms with van der Waals surface area (Å²) in [4.78, 5) is 13.0. The molecule has 0 atom stereocenters. The highest BCUT2D eigenvalue weighted by molar-refractivity contribution is 5.74. The number of carbonyl (C=O) groups is 1. The third-order valence-electron chi connectivity index (χ3n) is 2.80. The summed E-state index contributed by atoms with van der Waals surface area (Å²) in [5, 5.41) is 0. The minimum absolute atomic E-state index is 0.750. The minimum Gasteiger partial charge on any atom is -0.299 e. The maximum atomic E-state index is 10.5. The molecular formula is C14H21NO. The van der Waals surface area contributed by atoms with Gasteiger partial charge in [-0.25, -0.2) is 0 Å². The molecule has 0 N–H and O–H groups in total. The van der Waals surface area contributed by atoms with Gasteiger partial charge >= 0.3 is 0 Å². The molecule has 0 spiro atoms. The van der Waals surface area contributed by atoms with Crippen LogP contribution in [-0.2, 0) is 6.54 Å². The van der Waals surface area contributed by atoms with Gasteiger partial charge in [-0.1, -0.05) is 44.5 Å². The van der Waals surface area contributed by atoms with E-state index >= 15 is 0 Å². The molecule has 0 amide bonds. The van der Waals surface area contributed by atoms with E-state index in [-0.39, 0.29) is 0 Å². The zero-order chi connectivity index (χ0) is 11.8. The van der Waals surface area contributed by atoms with Crippen LogP contribution in [0.3, 0.4) is 0 Å². The highest BCUT2D eigenvalue weighted by Gasteiger charge is 2.02. The monoisotopic (exact) mass is 219 g/mol. The molecule has 0 heterocycles. The SMILES string of the molecule is CCCCN(CC)Cc1ccc(C=O)cc1. The fourth-order valence-corrected chi connectivity index (χ4v) is 1.69. The molecular weight excluding hydrogens is 198 g/mol. The summed E-state index contributed by atoms with van der Waals surface area (Å²) in [5.74, 6) is 0. The molecule has 0 saturated carbocycles. The summed E-state index contributed by atoms with van der Waals surface area (Å²) < 4.78 is 0. The first-order chi connectivity index (χ1) is 7.80. The van der Waals surface area contributed by atoms with Crippen molar-refractivity contribution in [1.82, 2.24) is 4.90 Å². The Bertz CT molecular complexity index is 305. The molecule has 0 bridgehead atoms. The smallest absolute Gasteiger partial charge is 0.150 e. The lowest BCUT2D eigenvalue weighted by molar-refractivity contribution is 0.112. The number of benzene rings is 1. The molecule has 1 aromatic carbocycles. The van der Waals surface area contributed by atoms with E-state index in [1.807, 2.05) is 24.3 Å². The Morgan fingerprint density at radius 3 is 2.38 bits per heavy atom. The van der Waals surface area contributed by atoms with Crippen LogP contribution in [0.25, 0.3) is 0 Å². The molecule has 0 aliphatic heterocycles. The van der Waals surface area contributed by atoms with E-state index in [4.69, 9.17) is 0 Å². The molecule has 88 valence electrons. The second kappa shape index (κ2) is 7.18. The van der Waals surface area contributed by atoms with Crippen molar-refractivity contribution in [3.63, 3.8) is 0 Å². The molecule has 2 nitrogen and oxygen atoms in total. The van der Waals surface area contributed by atoms with Crippen molar-refractivity contribution >= 4 is 6.29 Å². The number of unbranched alkanes of at least 4 members (excludes halogenated alkanes) is 1. The van der Waals surface area contributed by atoms with Crippen LogP contribution in [0.2, 0.25) is 0 Å². The van der Waals surface area contributed by atoms with Crippen LogP contribution >= 0.6 is 0 Å². The molecule has 0 fully saturated rings. The largest absolute Gasteiger partial charge is 0.299 e. The second-order valence-electron chi connectivity index (χ2n) is 4.08. The number of hydrogen-bond donors (Lipinski definition) is 0. The lowest BCUT2D eigenvalue weighted by Crippen LogP contribution is -2.23. The van der Waals surface area contributed by atoms with Gasteiger partial charge in [-0.15, -0.1) is 0 Å². The van der Waals surface area contributed by atoms with Gasteiger partial charge in [-0.05, 0) is 25.1 Å². The number of carbonyl (C=O) groups excluding carboxylic acids is 1. The van der Waals surface area contributed by atoms with Gasteiger partial charge < -0.3 is 0 Å². The van der Waals surface area contributed by atoms with Gasteiger partial charge in [-0.2, -0.15) is 0 Å². The maximum absolute atomic E-state index is 10.5. The maximum Gasteiger partial charge on any atom is 0.150 e. The summed E-state index contributed by atoms with van der Waals surface area (Å²) in [6.45, 7) is 7.62. The Morgan fingerprint density at radius 1 is 1.19 bits per heavy atom. The Kier molecular flexibility index (Phi) is 5.79. The van der Waals surface area contributed by atoms with Gasteiger partial charge in [0.05, 0.1) is 0 Å². The van der Waals surface area contributed by atoms with Crippen LogP contribution in [0, 0.1) is 0 Å². The topological polar surface area (TPSA) is 20.3 Å². The quantitative estimate of drug-likeness (QED) is 0.657. The van der Waals surface area contributed by atoms with Crippen LogP contribution in [0.4, 0.5) is 0 Å². The molecule has 0 saturated heterocycles. The van der Waals surface area contributed by atoms with Crippen LogP contribution in [-0.4, -0.2) is 24.3 Å². The van der Waals surface area contributed by atoms with Crippen molar-refractivity contribution in [2.75, 3.05) is 13.1 Å². The zero-order valence-electron chi connectivity index (χ0n) is 10.3. The van der Waals surface area contributed by atoms with E-state index in [0.717, 1.165) is 31.5 Å². The van der Waals surface area contributed by atoms with Crippen molar-refractivity contribution < 1.29 is 4.79 Å². The average Bonchev–Trinajstić information content (AvgIpc) is 2.35. The standard InChI is InChI=1S/C14H21NO/c1-3-5-10-15(4-2)11-13-6-8-14(12-16)9-7-13/h6-9,12H,3-5,10-11H2,1-2H3. The van der Waals surface area contributed by atoms with Gasteiger partial charge in [0.1, 0.15) is 6.29 Å². The Morgan fingerprint density at radius 2 is 1.88 bits per heavy atom. The fourth-order valence-electron chi connectivity index (χ4n) is 1.69. The van der Waals surface area contributed by atoms with Gasteiger partial charge in [0, 0.05) is 12.1 Å². The van der Waals surface area contributed by atoms with Crippen LogP contribution in [0.1, 0.15) is 42.6 Å². The van der Waals surface area contributed by atoms with Gasteiger partial charge in [0.2, 0.25) is 0 Å². The van der Waals surface area contributed by atoms with Gasteiger partial charge in [-0.3, -0.25) is 9.69 Å². The van der Waals surface area contributed by atoms with E-state index in [0.29, 0.717) is 0 Å². The van der Waals surface area contributed by atoms with E-state index in [1.54, 1.807) is 0 Å². The molecule has 2 heteroatoms. The molecule has 0 radical (unpaired) electrons. The first kappa shape index (κ1) is 12.9. The summed E-state index contributed by atoms with van der Waals surface area (Å²) in [6.07, 6.45) is 3.37.